The zero-order chi connectivity index (χ0) is 9.56. The standard InChI is InChI=1S/C9H21NO2/c1-6-10(7-2)8(3)12-9(4)11-5/h8-9H,6-7H2,1-5H3. The van der Waals surface area contributed by atoms with E-state index in [1.165, 1.54) is 0 Å². The van der Waals surface area contributed by atoms with E-state index in [4.69, 9.17) is 9.47 Å². The topological polar surface area (TPSA) is 21.7 Å². The monoisotopic (exact) mass is 175 g/mol. The summed E-state index contributed by atoms with van der Waals surface area (Å²) in [6.45, 7) is 10.2. The molecule has 3 nitrogen and oxygen atoms in total. The quantitative estimate of drug-likeness (QED) is 0.573. The molecule has 0 amide bonds. The van der Waals surface area contributed by atoms with E-state index in [0.717, 1.165) is 13.1 Å². The van der Waals surface area contributed by atoms with Gasteiger partial charge in [-0.3, -0.25) is 4.90 Å². The summed E-state index contributed by atoms with van der Waals surface area (Å²) in [5, 5.41) is 0. The fourth-order valence-corrected chi connectivity index (χ4v) is 1.16. The molecular formula is C9H21NO2. The maximum atomic E-state index is 5.55. The van der Waals surface area contributed by atoms with Crippen LogP contribution in [0.1, 0.15) is 27.7 Å². The summed E-state index contributed by atoms with van der Waals surface area (Å²) in [6, 6.07) is 0. The Balaban J connectivity index is 3.75. The van der Waals surface area contributed by atoms with E-state index in [9.17, 15) is 0 Å². The van der Waals surface area contributed by atoms with Crippen molar-refractivity contribution in [2.75, 3.05) is 20.2 Å². The lowest BCUT2D eigenvalue weighted by Crippen LogP contribution is -2.37. The molecule has 0 aromatic heterocycles. The summed E-state index contributed by atoms with van der Waals surface area (Å²) >= 11 is 0. The highest BCUT2D eigenvalue weighted by molar-refractivity contribution is 4.53. The number of rotatable bonds is 6. The van der Waals surface area contributed by atoms with Gasteiger partial charge in [0.15, 0.2) is 6.29 Å². The normalized spacial score (nSPS) is 16.5. The van der Waals surface area contributed by atoms with E-state index >= 15 is 0 Å². The van der Waals surface area contributed by atoms with Crippen LogP contribution in [0.15, 0.2) is 0 Å². The first kappa shape index (κ1) is 11.9. The third-order valence-electron chi connectivity index (χ3n) is 2.05. The molecule has 2 unspecified atom stereocenters. The fraction of sp³-hybridized carbons (Fsp3) is 1.00. The summed E-state index contributed by atoms with van der Waals surface area (Å²) in [6.07, 6.45) is 0.00977. The van der Waals surface area contributed by atoms with Gasteiger partial charge in [0.2, 0.25) is 0 Å². The van der Waals surface area contributed by atoms with Crippen LogP contribution in [0.5, 0.6) is 0 Å². The Morgan fingerprint density at radius 3 is 2.00 bits per heavy atom. The first-order valence-corrected chi connectivity index (χ1v) is 4.57. The second kappa shape index (κ2) is 6.40. The number of ether oxygens (including phenoxy) is 2. The largest absolute Gasteiger partial charge is 0.356 e. The highest BCUT2D eigenvalue weighted by Gasteiger charge is 2.12. The van der Waals surface area contributed by atoms with Crippen molar-refractivity contribution >= 4 is 0 Å². The Bertz CT molecular complexity index is 105. The van der Waals surface area contributed by atoms with E-state index in [1.54, 1.807) is 7.11 Å². The van der Waals surface area contributed by atoms with Crippen molar-refractivity contribution in [3.63, 3.8) is 0 Å². The molecule has 0 rings (SSSR count). The Labute approximate surface area is 75.6 Å². The predicted molar refractivity (Wildman–Crippen MR) is 49.9 cm³/mol. The van der Waals surface area contributed by atoms with Gasteiger partial charge >= 0.3 is 0 Å². The van der Waals surface area contributed by atoms with Gasteiger partial charge in [-0.15, -0.1) is 0 Å². The summed E-state index contributed by atoms with van der Waals surface area (Å²) in [5.41, 5.74) is 0. The van der Waals surface area contributed by atoms with Crippen molar-refractivity contribution in [1.29, 1.82) is 0 Å². The van der Waals surface area contributed by atoms with Gasteiger partial charge in [-0.25, -0.2) is 0 Å². The van der Waals surface area contributed by atoms with Gasteiger partial charge in [-0.05, 0) is 26.9 Å². The molecule has 0 aromatic rings. The van der Waals surface area contributed by atoms with Crippen LogP contribution in [0, 0.1) is 0 Å². The van der Waals surface area contributed by atoms with Gasteiger partial charge in [-0.1, -0.05) is 13.8 Å². The van der Waals surface area contributed by atoms with Crippen molar-refractivity contribution in [1.82, 2.24) is 4.90 Å². The number of nitrogens with zero attached hydrogens (tertiary/aromatic N) is 1. The molecule has 0 N–H and O–H groups in total. The Kier molecular flexibility index (Phi) is 6.34. The fourth-order valence-electron chi connectivity index (χ4n) is 1.16. The Hall–Kier alpha value is -0.120. The molecule has 3 heteroatoms. The van der Waals surface area contributed by atoms with Crippen molar-refractivity contribution in [3.8, 4) is 0 Å². The molecule has 0 saturated carbocycles. The second-order valence-corrected chi connectivity index (χ2v) is 2.76. The molecule has 0 bridgehead atoms. The summed E-state index contributed by atoms with van der Waals surface area (Å²) in [5.74, 6) is 0. The van der Waals surface area contributed by atoms with Crippen molar-refractivity contribution in [3.05, 3.63) is 0 Å². The minimum Gasteiger partial charge on any atom is -0.356 e. The van der Waals surface area contributed by atoms with Crippen LogP contribution in [0.25, 0.3) is 0 Å². The second-order valence-electron chi connectivity index (χ2n) is 2.76. The maximum absolute atomic E-state index is 5.55. The van der Waals surface area contributed by atoms with E-state index in [0.29, 0.717) is 0 Å². The molecule has 0 radical (unpaired) electrons. The highest BCUT2D eigenvalue weighted by atomic mass is 16.7. The highest BCUT2D eigenvalue weighted by Crippen LogP contribution is 2.03. The minimum atomic E-state index is -0.124. The smallest absolute Gasteiger partial charge is 0.156 e. The zero-order valence-electron chi connectivity index (χ0n) is 8.83. The van der Waals surface area contributed by atoms with Crippen molar-refractivity contribution in [2.45, 2.75) is 40.2 Å². The summed E-state index contributed by atoms with van der Waals surface area (Å²) in [4.78, 5) is 2.23. The molecular weight excluding hydrogens is 154 g/mol. The molecule has 12 heavy (non-hydrogen) atoms. The molecule has 0 aliphatic carbocycles. The Morgan fingerprint density at radius 2 is 1.67 bits per heavy atom. The van der Waals surface area contributed by atoms with Gasteiger partial charge in [0.1, 0.15) is 6.23 Å². The third kappa shape index (κ3) is 4.04. The lowest BCUT2D eigenvalue weighted by molar-refractivity contribution is -0.179. The SMILES string of the molecule is CCN(CC)C(C)OC(C)OC. The summed E-state index contributed by atoms with van der Waals surface area (Å²) in [7, 11) is 1.65. The van der Waals surface area contributed by atoms with Crippen LogP contribution >= 0.6 is 0 Å². The average molecular weight is 175 g/mol. The number of hydrogen-bond donors (Lipinski definition) is 0. The van der Waals surface area contributed by atoms with Crippen molar-refractivity contribution < 1.29 is 9.47 Å². The van der Waals surface area contributed by atoms with Crippen LogP contribution in [-0.4, -0.2) is 37.6 Å². The van der Waals surface area contributed by atoms with Crippen molar-refractivity contribution in [2.24, 2.45) is 0 Å². The van der Waals surface area contributed by atoms with Crippen LogP contribution in [-0.2, 0) is 9.47 Å². The van der Waals surface area contributed by atoms with Crippen LogP contribution < -0.4 is 0 Å². The summed E-state index contributed by atoms with van der Waals surface area (Å²) < 4.78 is 10.6. The molecule has 0 fully saturated rings. The average Bonchev–Trinajstić information content (AvgIpc) is 2.06. The molecule has 0 spiro atoms. The minimum absolute atomic E-state index is 0.124. The Morgan fingerprint density at radius 1 is 1.17 bits per heavy atom. The van der Waals surface area contributed by atoms with Gasteiger partial charge < -0.3 is 9.47 Å². The zero-order valence-corrected chi connectivity index (χ0v) is 8.83. The van der Waals surface area contributed by atoms with E-state index in [1.807, 2.05) is 13.8 Å². The molecule has 74 valence electrons. The maximum Gasteiger partial charge on any atom is 0.156 e. The van der Waals surface area contributed by atoms with Crippen LogP contribution in [0.3, 0.4) is 0 Å². The predicted octanol–water partition coefficient (Wildman–Crippen LogP) is 1.68. The van der Waals surface area contributed by atoms with E-state index in [2.05, 4.69) is 18.7 Å². The lowest BCUT2D eigenvalue weighted by atomic mass is 10.4. The third-order valence-corrected chi connectivity index (χ3v) is 2.05. The van der Waals surface area contributed by atoms with Gasteiger partial charge in [0, 0.05) is 7.11 Å². The molecule has 0 aliphatic heterocycles. The first-order valence-electron chi connectivity index (χ1n) is 4.57. The van der Waals surface area contributed by atoms with Crippen LogP contribution in [0.2, 0.25) is 0 Å². The molecule has 2 atom stereocenters. The number of methoxy groups -OCH3 is 1. The van der Waals surface area contributed by atoms with E-state index in [-0.39, 0.29) is 12.5 Å². The van der Waals surface area contributed by atoms with Gasteiger partial charge in [0.05, 0.1) is 0 Å². The molecule has 0 aliphatic rings. The molecule has 0 aromatic carbocycles. The first-order chi connectivity index (χ1) is 5.65. The van der Waals surface area contributed by atoms with E-state index < -0.39 is 0 Å². The lowest BCUT2D eigenvalue weighted by Gasteiger charge is -2.28. The van der Waals surface area contributed by atoms with Gasteiger partial charge in [-0.2, -0.15) is 0 Å². The van der Waals surface area contributed by atoms with Gasteiger partial charge in [0.25, 0.3) is 0 Å². The molecule has 0 heterocycles. The molecule has 0 saturated heterocycles. The van der Waals surface area contributed by atoms with Crippen LogP contribution in [0.4, 0.5) is 0 Å². The number of hydrogen-bond acceptors (Lipinski definition) is 3.